The Balaban J connectivity index is 2.74. The molecule has 1 unspecified atom stereocenters. The van der Waals surface area contributed by atoms with Crippen LogP contribution < -0.4 is 14.4 Å². The Hall–Kier alpha value is -0.970. The van der Waals surface area contributed by atoms with Crippen molar-refractivity contribution in [3.8, 4) is 0 Å². The Morgan fingerprint density at radius 3 is 2.82 bits per heavy atom. The molecule has 1 rings (SSSR count). The fourth-order valence-electron chi connectivity index (χ4n) is 0.470. The van der Waals surface area contributed by atoms with Gasteiger partial charge < -0.3 is 9.79 Å². The first-order chi connectivity index (χ1) is 5.08. The molecule has 0 radical (unpaired) electrons. The van der Waals surface area contributed by atoms with Gasteiger partial charge in [0.15, 0.2) is 0 Å². The maximum atomic E-state index is 10.1. The lowest BCUT2D eigenvalue weighted by atomic mass is 10.6. The number of aromatic nitrogens is 2. The van der Waals surface area contributed by atoms with E-state index in [1.54, 1.807) is 6.07 Å². The molecule has 0 saturated carbocycles. The van der Waals surface area contributed by atoms with Crippen LogP contribution in [0.4, 0.5) is 0 Å². The molecular weight excluding hydrogens is 171 g/mol. The lowest BCUT2D eigenvalue weighted by molar-refractivity contribution is -0.910. The summed E-state index contributed by atoms with van der Waals surface area (Å²) in [6.45, 7) is 0. The standard InChI is InChI=1S/C4H5N2O4P/c7-11(8,9)10-6-4-2-1-3-5-6/h1-4H,(H-,7,8,9). The molecule has 0 aliphatic carbocycles. The molecule has 0 amide bonds. The molecule has 0 aliphatic rings. The fraction of sp³-hybridized carbons (Fsp3) is 0. The minimum absolute atomic E-state index is 0.633. The summed E-state index contributed by atoms with van der Waals surface area (Å²) in [5.74, 6) is 0. The van der Waals surface area contributed by atoms with Gasteiger partial charge in [0, 0.05) is 11.2 Å². The van der Waals surface area contributed by atoms with Crippen molar-refractivity contribution in [3.63, 3.8) is 0 Å². The summed E-state index contributed by atoms with van der Waals surface area (Å²) in [5.41, 5.74) is 0. The molecular formula is C4H5N2O4P. The van der Waals surface area contributed by atoms with Gasteiger partial charge in [0.05, 0.1) is 6.20 Å². The molecule has 0 saturated heterocycles. The van der Waals surface area contributed by atoms with E-state index in [9.17, 15) is 9.46 Å². The highest BCUT2D eigenvalue weighted by molar-refractivity contribution is 7.44. The SMILES string of the molecule is O=P([O-])(O)O[n+]1ccccn1. The van der Waals surface area contributed by atoms with Gasteiger partial charge in [-0.1, -0.05) is 0 Å². The molecule has 7 heteroatoms. The van der Waals surface area contributed by atoms with Crippen LogP contribution in [-0.2, 0) is 4.57 Å². The van der Waals surface area contributed by atoms with Crippen molar-refractivity contribution in [1.29, 1.82) is 0 Å². The topological polar surface area (TPSA) is 86.4 Å². The van der Waals surface area contributed by atoms with Crippen LogP contribution in [0.3, 0.4) is 0 Å². The molecule has 1 aromatic rings. The molecule has 1 N–H and O–H groups in total. The van der Waals surface area contributed by atoms with E-state index in [-0.39, 0.29) is 0 Å². The number of phosphoric acid groups is 1. The van der Waals surface area contributed by atoms with E-state index in [2.05, 4.69) is 9.72 Å². The molecule has 0 spiro atoms. The largest absolute Gasteiger partial charge is 0.742 e. The second kappa shape index (κ2) is 2.96. The van der Waals surface area contributed by atoms with Crippen molar-refractivity contribution >= 4 is 7.82 Å². The highest BCUT2D eigenvalue weighted by Crippen LogP contribution is 2.22. The van der Waals surface area contributed by atoms with Crippen molar-refractivity contribution in [2.24, 2.45) is 0 Å². The molecule has 0 bridgehead atoms. The van der Waals surface area contributed by atoms with E-state index in [0.717, 1.165) is 0 Å². The van der Waals surface area contributed by atoms with Gasteiger partial charge in [0.1, 0.15) is 4.85 Å². The molecule has 0 aromatic carbocycles. The highest BCUT2D eigenvalue weighted by Gasteiger charge is 2.11. The smallest absolute Gasteiger partial charge is 0.392 e. The van der Waals surface area contributed by atoms with E-state index in [1.807, 2.05) is 0 Å². The predicted molar refractivity (Wildman–Crippen MR) is 30.8 cm³/mol. The summed E-state index contributed by atoms with van der Waals surface area (Å²) >= 11 is 0. The van der Waals surface area contributed by atoms with E-state index >= 15 is 0 Å². The van der Waals surface area contributed by atoms with E-state index in [4.69, 9.17) is 4.89 Å². The summed E-state index contributed by atoms with van der Waals surface area (Å²) < 4.78 is 14.1. The van der Waals surface area contributed by atoms with Crippen LogP contribution in [0.15, 0.2) is 24.5 Å². The van der Waals surface area contributed by atoms with Crippen LogP contribution in [0.2, 0.25) is 0 Å². The first-order valence-electron chi connectivity index (χ1n) is 2.65. The van der Waals surface area contributed by atoms with Crippen LogP contribution in [0, 0.1) is 0 Å². The maximum absolute atomic E-state index is 10.1. The average Bonchev–Trinajstić information content (AvgIpc) is 1.85. The van der Waals surface area contributed by atoms with Gasteiger partial charge >= 0.3 is 7.82 Å². The van der Waals surface area contributed by atoms with Crippen molar-refractivity contribution < 1.29 is 23.8 Å². The second-order valence-electron chi connectivity index (χ2n) is 1.65. The molecule has 0 fully saturated rings. The number of rotatable bonds is 2. The van der Waals surface area contributed by atoms with Gasteiger partial charge in [0.25, 0.3) is 6.20 Å². The third-order valence-electron chi connectivity index (χ3n) is 0.778. The third kappa shape index (κ3) is 3.08. The summed E-state index contributed by atoms with van der Waals surface area (Å²) in [6, 6.07) is 3.08. The third-order valence-corrected chi connectivity index (χ3v) is 1.15. The van der Waals surface area contributed by atoms with Gasteiger partial charge in [-0.25, -0.2) is 0 Å². The summed E-state index contributed by atoms with van der Waals surface area (Å²) in [4.78, 5) is 18.9. The number of nitrogens with zero attached hydrogens (tertiary/aromatic N) is 2. The minimum atomic E-state index is -4.74. The molecule has 1 aromatic heterocycles. The first-order valence-corrected chi connectivity index (χ1v) is 4.14. The number of hydrogen-bond donors (Lipinski definition) is 1. The minimum Gasteiger partial charge on any atom is -0.742 e. The van der Waals surface area contributed by atoms with E-state index in [0.29, 0.717) is 4.85 Å². The quantitative estimate of drug-likeness (QED) is 0.427. The highest BCUT2D eigenvalue weighted by atomic mass is 31.2. The Morgan fingerprint density at radius 1 is 1.64 bits per heavy atom. The number of hydrogen-bond acceptors (Lipinski definition) is 4. The monoisotopic (exact) mass is 176 g/mol. The Labute approximate surface area is 62.3 Å². The normalized spacial score (nSPS) is 15.5. The van der Waals surface area contributed by atoms with Gasteiger partial charge in [-0.2, -0.15) is 4.62 Å². The molecule has 6 nitrogen and oxygen atoms in total. The van der Waals surface area contributed by atoms with Gasteiger partial charge in [-0.15, -0.1) is 0 Å². The zero-order valence-electron chi connectivity index (χ0n) is 5.32. The summed E-state index contributed by atoms with van der Waals surface area (Å²) in [5, 5.41) is 3.43. The summed E-state index contributed by atoms with van der Waals surface area (Å²) in [6.07, 6.45) is 2.55. The van der Waals surface area contributed by atoms with Gasteiger partial charge in [0.2, 0.25) is 0 Å². The molecule has 11 heavy (non-hydrogen) atoms. The molecule has 0 aliphatic heterocycles. The van der Waals surface area contributed by atoms with Crippen LogP contribution in [0.5, 0.6) is 0 Å². The van der Waals surface area contributed by atoms with E-state index < -0.39 is 7.82 Å². The van der Waals surface area contributed by atoms with Gasteiger partial charge in [-0.3, -0.25) is 4.57 Å². The molecule has 1 heterocycles. The Kier molecular flexibility index (Phi) is 2.19. The van der Waals surface area contributed by atoms with Crippen molar-refractivity contribution in [2.45, 2.75) is 0 Å². The first kappa shape index (κ1) is 8.13. The van der Waals surface area contributed by atoms with Crippen LogP contribution in [0.1, 0.15) is 0 Å². The lowest BCUT2D eigenvalue weighted by Gasteiger charge is -2.06. The fourth-order valence-corrected chi connectivity index (χ4v) is 0.778. The van der Waals surface area contributed by atoms with Crippen LogP contribution >= 0.6 is 7.82 Å². The van der Waals surface area contributed by atoms with Crippen molar-refractivity contribution in [2.75, 3.05) is 0 Å². The zero-order valence-corrected chi connectivity index (χ0v) is 6.22. The zero-order chi connectivity index (χ0) is 8.32. The maximum Gasteiger partial charge on any atom is 0.392 e. The molecule has 1 atom stereocenters. The van der Waals surface area contributed by atoms with Gasteiger partial charge in [-0.05, 0) is 6.07 Å². The lowest BCUT2D eigenvalue weighted by Crippen LogP contribution is -2.45. The second-order valence-corrected chi connectivity index (χ2v) is 2.75. The molecule has 60 valence electrons. The Bertz CT molecular complexity index is 271. The average molecular weight is 176 g/mol. The van der Waals surface area contributed by atoms with E-state index in [1.165, 1.54) is 18.5 Å². The summed E-state index contributed by atoms with van der Waals surface area (Å²) in [7, 11) is -4.74. The van der Waals surface area contributed by atoms with Crippen LogP contribution in [-0.4, -0.2) is 9.99 Å². The van der Waals surface area contributed by atoms with Crippen molar-refractivity contribution in [3.05, 3.63) is 24.5 Å². The Morgan fingerprint density at radius 2 is 2.36 bits per heavy atom. The van der Waals surface area contributed by atoms with Crippen molar-refractivity contribution in [1.82, 2.24) is 5.10 Å². The predicted octanol–water partition coefficient (Wildman–Crippen LogP) is -1.74. The van der Waals surface area contributed by atoms with Crippen LogP contribution in [0.25, 0.3) is 0 Å².